The van der Waals surface area contributed by atoms with Crippen molar-refractivity contribution >= 4 is 12.6 Å². The molecule has 0 atom stereocenters. The van der Waals surface area contributed by atoms with Gasteiger partial charge in [0, 0.05) is 23.9 Å². The fourth-order valence-electron chi connectivity index (χ4n) is 2.24. The van der Waals surface area contributed by atoms with Crippen molar-refractivity contribution in [3.63, 3.8) is 0 Å². The lowest BCUT2D eigenvalue weighted by molar-refractivity contribution is 0.425. The van der Waals surface area contributed by atoms with E-state index >= 15 is 0 Å². The largest absolute Gasteiger partial charge is 0.492 e. The molecule has 0 radical (unpaired) electrons. The highest BCUT2D eigenvalue weighted by Crippen LogP contribution is 2.16. The minimum atomic E-state index is -1.53. The number of nitrogens with zero attached hydrogens (tertiary/aromatic N) is 3. The van der Waals surface area contributed by atoms with Gasteiger partial charge in [-0.1, -0.05) is 19.4 Å². The molecular weight excluding hydrogens is 241 g/mol. The third-order valence-electron chi connectivity index (χ3n) is 3.08. The van der Waals surface area contributed by atoms with Gasteiger partial charge in [-0.3, -0.25) is 9.67 Å². The van der Waals surface area contributed by atoms with Gasteiger partial charge in [0.1, 0.15) is 5.69 Å². The zero-order chi connectivity index (χ0) is 14.0. The smallest absolute Gasteiger partial charge is 0.423 e. The summed E-state index contributed by atoms with van der Waals surface area (Å²) in [5.74, 6) is 0. The van der Waals surface area contributed by atoms with Crippen LogP contribution < -0.4 is 5.46 Å². The predicted molar refractivity (Wildman–Crippen MR) is 75.0 cm³/mol. The summed E-state index contributed by atoms with van der Waals surface area (Å²) >= 11 is 0. The van der Waals surface area contributed by atoms with Gasteiger partial charge in [0.15, 0.2) is 0 Å². The standard InChI is InChI=1S/C13H18BN3O2/c1-4-6-11-12(14(18)19)13(16-17(11)3)10-8-5-7-9(2)15-10/h5,7-8,18-19H,4,6H2,1-3H3. The molecule has 0 aliphatic carbocycles. The quantitative estimate of drug-likeness (QED) is 0.781. The summed E-state index contributed by atoms with van der Waals surface area (Å²) < 4.78 is 1.71. The molecule has 2 N–H and O–H groups in total. The van der Waals surface area contributed by atoms with Gasteiger partial charge in [-0.15, -0.1) is 0 Å². The van der Waals surface area contributed by atoms with Crippen LogP contribution in [0.25, 0.3) is 11.4 Å². The molecule has 0 fully saturated rings. The van der Waals surface area contributed by atoms with Crippen molar-refractivity contribution in [1.29, 1.82) is 0 Å². The summed E-state index contributed by atoms with van der Waals surface area (Å²) in [5, 5.41) is 23.7. The summed E-state index contributed by atoms with van der Waals surface area (Å²) in [6.45, 7) is 3.94. The van der Waals surface area contributed by atoms with Crippen molar-refractivity contribution in [2.24, 2.45) is 7.05 Å². The fourth-order valence-corrected chi connectivity index (χ4v) is 2.24. The molecule has 0 bridgehead atoms. The Hall–Kier alpha value is -1.66. The summed E-state index contributed by atoms with van der Waals surface area (Å²) in [5.41, 5.74) is 3.39. The molecule has 2 aromatic heterocycles. The first kappa shape index (κ1) is 13.8. The first-order chi connectivity index (χ1) is 9.04. The van der Waals surface area contributed by atoms with Crippen molar-refractivity contribution in [2.75, 3.05) is 0 Å². The number of hydrogen-bond donors (Lipinski definition) is 2. The lowest BCUT2D eigenvalue weighted by Gasteiger charge is -2.05. The molecule has 2 aromatic rings. The molecule has 0 aromatic carbocycles. The van der Waals surface area contributed by atoms with Gasteiger partial charge in [-0.05, 0) is 25.5 Å². The van der Waals surface area contributed by atoms with Crippen LogP contribution in [0, 0.1) is 6.92 Å². The maximum Gasteiger partial charge on any atom is 0.492 e. The van der Waals surface area contributed by atoms with E-state index in [1.54, 1.807) is 4.68 Å². The highest BCUT2D eigenvalue weighted by Gasteiger charge is 2.26. The van der Waals surface area contributed by atoms with E-state index < -0.39 is 7.12 Å². The van der Waals surface area contributed by atoms with Gasteiger partial charge < -0.3 is 10.0 Å². The number of hydrogen-bond acceptors (Lipinski definition) is 4. The zero-order valence-electron chi connectivity index (χ0n) is 11.5. The summed E-state index contributed by atoms with van der Waals surface area (Å²) in [7, 11) is 0.281. The number of aryl methyl sites for hydroxylation is 2. The number of rotatable bonds is 4. The average Bonchev–Trinajstić information content (AvgIpc) is 2.68. The average molecular weight is 259 g/mol. The Morgan fingerprint density at radius 3 is 2.63 bits per heavy atom. The molecule has 0 unspecified atom stereocenters. The third kappa shape index (κ3) is 2.69. The van der Waals surface area contributed by atoms with Gasteiger partial charge in [-0.2, -0.15) is 5.10 Å². The van der Waals surface area contributed by atoms with Gasteiger partial charge in [0.05, 0.1) is 5.69 Å². The third-order valence-corrected chi connectivity index (χ3v) is 3.08. The van der Waals surface area contributed by atoms with E-state index in [1.807, 2.05) is 39.1 Å². The van der Waals surface area contributed by atoms with E-state index in [0.29, 0.717) is 16.9 Å². The number of aromatic nitrogens is 3. The Labute approximate surface area is 113 Å². The molecule has 2 heterocycles. The molecule has 0 saturated carbocycles. The minimum Gasteiger partial charge on any atom is -0.423 e. The maximum atomic E-state index is 9.63. The van der Waals surface area contributed by atoms with Crippen LogP contribution in [-0.4, -0.2) is 31.9 Å². The molecule has 6 heteroatoms. The van der Waals surface area contributed by atoms with Crippen LogP contribution in [0.2, 0.25) is 0 Å². The van der Waals surface area contributed by atoms with E-state index in [2.05, 4.69) is 10.1 Å². The second kappa shape index (κ2) is 5.55. The second-order valence-corrected chi connectivity index (χ2v) is 4.62. The summed E-state index contributed by atoms with van der Waals surface area (Å²) in [6.07, 6.45) is 1.67. The van der Waals surface area contributed by atoms with Crippen LogP contribution >= 0.6 is 0 Å². The van der Waals surface area contributed by atoms with Crippen molar-refractivity contribution in [2.45, 2.75) is 26.7 Å². The molecule has 5 nitrogen and oxygen atoms in total. The lowest BCUT2D eigenvalue weighted by Crippen LogP contribution is -2.34. The topological polar surface area (TPSA) is 71.2 Å². The molecule has 0 saturated heterocycles. The fraction of sp³-hybridized carbons (Fsp3) is 0.385. The van der Waals surface area contributed by atoms with Crippen molar-refractivity contribution in [3.8, 4) is 11.4 Å². The molecule has 0 aliphatic rings. The molecular formula is C13H18BN3O2. The van der Waals surface area contributed by atoms with E-state index in [0.717, 1.165) is 24.2 Å². The summed E-state index contributed by atoms with van der Waals surface area (Å²) in [6, 6.07) is 5.62. The SMILES string of the molecule is CCCc1c(B(O)O)c(-c2cccc(C)n2)nn1C. The van der Waals surface area contributed by atoms with Gasteiger partial charge in [-0.25, -0.2) is 0 Å². The molecule has 0 amide bonds. The van der Waals surface area contributed by atoms with E-state index in [-0.39, 0.29) is 0 Å². The van der Waals surface area contributed by atoms with Crippen LogP contribution in [0.3, 0.4) is 0 Å². The van der Waals surface area contributed by atoms with Crippen LogP contribution in [0.4, 0.5) is 0 Å². The highest BCUT2D eigenvalue weighted by atomic mass is 16.4. The van der Waals surface area contributed by atoms with Crippen LogP contribution in [0.1, 0.15) is 24.7 Å². The monoisotopic (exact) mass is 259 g/mol. The zero-order valence-corrected chi connectivity index (χ0v) is 11.5. The minimum absolute atomic E-state index is 0.461. The number of pyridine rings is 1. The van der Waals surface area contributed by atoms with E-state index in [1.165, 1.54) is 0 Å². The van der Waals surface area contributed by atoms with Gasteiger partial charge in [0.2, 0.25) is 0 Å². The first-order valence-electron chi connectivity index (χ1n) is 6.40. The summed E-state index contributed by atoms with van der Waals surface area (Å²) in [4.78, 5) is 4.40. The molecule has 2 rings (SSSR count). The molecule has 0 aliphatic heterocycles. The Morgan fingerprint density at radius 1 is 1.32 bits per heavy atom. The van der Waals surface area contributed by atoms with E-state index in [4.69, 9.17) is 0 Å². The van der Waals surface area contributed by atoms with Crippen molar-refractivity contribution < 1.29 is 10.0 Å². The Balaban J connectivity index is 2.60. The molecule has 19 heavy (non-hydrogen) atoms. The second-order valence-electron chi connectivity index (χ2n) is 4.62. The Kier molecular flexibility index (Phi) is 4.02. The van der Waals surface area contributed by atoms with Crippen LogP contribution in [-0.2, 0) is 13.5 Å². The lowest BCUT2D eigenvalue weighted by atomic mass is 9.76. The highest BCUT2D eigenvalue weighted by molar-refractivity contribution is 6.60. The van der Waals surface area contributed by atoms with Crippen LogP contribution in [0.15, 0.2) is 18.2 Å². The van der Waals surface area contributed by atoms with E-state index in [9.17, 15) is 10.0 Å². The normalized spacial score (nSPS) is 10.8. The van der Waals surface area contributed by atoms with Crippen LogP contribution in [0.5, 0.6) is 0 Å². The Bertz CT molecular complexity index is 581. The first-order valence-corrected chi connectivity index (χ1v) is 6.40. The van der Waals surface area contributed by atoms with Gasteiger partial charge >= 0.3 is 7.12 Å². The van der Waals surface area contributed by atoms with Crippen molar-refractivity contribution in [1.82, 2.24) is 14.8 Å². The molecule has 100 valence electrons. The van der Waals surface area contributed by atoms with Gasteiger partial charge in [0.25, 0.3) is 0 Å². The maximum absolute atomic E-state index is 9.63. The van der Waals surface area contributed by atoms with Crippen molar-refractivity contribution in [3.05, 3.63) is 29.6 Å². The Morgan fingerprint density at radius 2 is 2.05 bits per heavy atom. The predicted octanol–water partition coefficient (Wildman–Crippen LogP) is 0.423. The molecule has 0 spiro atoms.